The zero-order valence-electron chi connectivity index (χ0n) is 21.9. The van der Waals surface area contributed by atoms with Crippen molar-refractivity contribution in [3.05, 3.63) is 60.2 Å². The Morgan fingerprint density at radius 3 is 2.29 bits per heavy atom. The van der Waals surface area contributed by atoms with Gasteiger partial charge in [-0.3, -0.25) is 14.4 Å². The molecule has 0 radical (unpaired) electrons. The average Bonchev–Trinajstić information content (AvgIpc) is 3.30. The van der Waals surface area contributed by atoms with Crippen LogP contribution in [0.2, 0.25) is 0 Å². The molecule has 3 rings (SSSR count). The highest BCUT2D eigenvalue weighted by atomic mass is 32.2. The maximum absolute atomic E-state index is 13.6. The fourth-order valence-corrected chi connectivity index (χ4v) is 5.94. The average molecular weight is 545 g/mol. The number of aliphatic hydroxyl groups excluding tert-OH is 1. The van der Waals surface area contributed by atoms with Gasteiger partial charge >= 0.3 is 0 Å². The highest BCUT2D eigenvalue weighted by Gasteiger charge is 2.34. The van der Waals surface area contributed by atoms with E-state index in [1.54, 1.807) is 0 Å². The fraction of sp³-hybridized carbons (Fsp3) is 0.444. The first-order chi connectivity index (χ1) is 18.0. The van der Waals surface area contributed by atoms with Crippen molar-refractivity contribution < 1.29 is 27.9 Å². The summed E-state index contributed by atoms with van der Waals surface area (Å²) in [6, 6.07) is 13.6. The summed E-state index contributed by atoms with van der Waals surface area (Å²) < 4.78 is 28.4. The molecule has 1 aliphatic rings. The molecule has 0 aromatic heterocycles. The summed E-state index contributed by atoms with van der Waals surface area (Å²) in [7, 11) is -4.00. The molecule has 1 saturated heterocycles. The molecule has 3 amide bonds. The number of anilines is 1. The normalized spacial score (nSPS) is 17.2. The number of carbonyl (C=O) groups is 3. The summed E-state index contributed by atoms with van der Waals surface area (Å²) in [5, 5.41) is 19.4. The number of sulfonamides is 1. The lowest BCUT2D eigenvalue weighted by Crippen LogP contribution is -2.54. The van der Waals surface area contributed by atoms with E-state index >= 15 is 0 Å². The van der Waals surface area contributed by atoms with Crippen LogP contribution in [0, 0.1) is 5.92 Å². The van der Waals surface area contributed by atoms with Crippen molar-refractivity contribution >= 4 is 33.4 Å². The molecular weight excluding hydrogens is 508 g/mol. The minimum absolute atomic E-state index is 0.0248. The van der Waals surface area contributed by atoms with Crippen molar-refractivity contribution in [2.75, 3.05) is 18.4 Å². The largest absolute Gasteiger partial charge is 0.390 e. The fourth-order valence-electron chi connectivity index (χ4n) is 4.32. The highest BCUT2D eigenvalue weighted by molar-refractivity contribution is 7.89. The lowest BCUT2D eigenvalue weighted by atomic mass is 10.00. The van der Waals surface area contributed by atoms with E-state index in [1.165, 1.54) is 35.5 Å². The van der Waals surface area contributed by atoms with Crippen molar-refractivity contribution in [3.63, 3.8) is 0 Å². The van der Waals surface area contributed by atoms with Crippen LogP contribution in [0.4, 0.5) is 5.69 Å². The van der Waals surface area contributed by atoms with E-state index in [0.717, 1.165) is 5.56 Å². The number of nitrogens with zero attached hydrogens (tertiary/aromatic N) is 1. The predicted molar refractivity (Wildman–Crippen MR) is 144 cm³/mol. The smallest absolute Gasteiger partial charge is 0.243 e. The van der Waals surface area contributed by atoms with Gasteiger partial charge in [-0.2, -0.15) is 4.31 Å². The van der Waals surface area contributed by atoms with E-state index in [4.69, 9.17) is 0 Å². The van der Waals surface area contributed by atoms with Gasteiger partial charge < -0.3 is 21.1 Å². The number of nitrogens with one attached hydrogen (secondary N) is 3. The van der Waals surface area contributed by atoms with Gasteiger partial charge in [0.15, 0.2) is 0 Å². The van der Waals surface area contributed by atoms with E-state index in [0.29, 0.717) is 12.1 Å². The topological polar surface area (TPSA) is 145 Å². The summed E-state index contributed by atoms with van der Waals surface area (Å²) in [4.78, 5) is 35.8. The van der Waals surface area contributed by atoms with Gasteiger partial charge in [-0.05, 0) is 48.6 Å². The van der Waals surface area contributed by atoms with Crippen LogP contribution in [0.15, 0.2) is 59.5 Å². The molecule has 38 heavy (non-hydrogen) atoms. The Hall–Kier alpha value is -3.28. The highest BCUT2D eigenvalue weighted by Crippen LogP contribution is 2.21. The Balaban J connectivity index is 1.83. The standard InChI is InChI=1S/C27H36N4O6S/c1-18(2)16-31(38(36,37)22-11-9-21(10-12-22)28-19(3)32)17-25(33)24(15-20-7-5-4-6-8-20)30-27(35)23-13-14-26(34)29-23/h4-12,18,23-25,33H,13-17H2,1-3H3,(H,28,32)(H,29,34)(H,30,35). The number of amides is 3. The lowest BCUT2D eigenvalue weighted by molar-refractivity contribution is -0.126. The minimum atomic E-state index is -4.00. The van der Waals surface area contributed by atoms with E-state index in [-0.39, 0.29) is 48.6 Å². The molecule has 4 N–H and O–H groups in total. The van der Waals surface area contributed by atoms with Crippen LogP contribution in [0.5, 0.6) is 0 Å². The number of rotatable bonds is 12. The van der Waals surface area contributed by atoms with Gasteiger partial charge in [0.2, 0.25) is 27.7 Å². The molecule has 0 saturated carbocycles. The quantitative estimate of drug-likeness (QED) is 0.320. The third-order valence-electron chi connectivity index (χ3n) is 6.17. The third-order valence-corrected chi connectivity index (χ3v) is 8.02. The first kappa shape index (κ1) is 29.3. The number of hydrogen-bond donors (Lipinski definition) is 4. The minimum Gasteiger partial charge on any atom is -0.390 e. The number of benzene rings is 2. The second kappa shape index (κ2) is 13.0. The summed E-state index contributed by atoms with van der Waals surface area (Å²) in [6.07, 6.45) is -0.342. The molecule has 3 atom stereocenters. The van der Waals surface area contributed by atoms with Crippen molar-refractivity contribution in [1.82, 2.24) is 14.9 Å². The summed E-state index contributed by atoms with van der Waals surface area (Å²) in [5.41, 5.74) is 1.33. The SMILES string of the molecule is CC(=O)Nc1ccc(S(=O)(=O)N(CC(C)C)CC(O)C(Cc2ccccc2)NC(=O)C2CCC(=O)N2)cc1. The van der Waals surface area contributed by atoms with Crippen LogP contribution in [0.1, 0.15) is 39.2 Å². The lowest BCUT2D eigenvalue weighted by Gasteiger charge is -2.31. The number of aliphatic hydroxyl groups is 1. The zero-order valence-corrected chi connectivity index (χ0v) is 22.7. The van der Waals surface area contributed by atoms with Crippen molar-refractivity contribution in [1.29, 1.82) is 0 Å². The van der Waals surface area contributed by atoms with Gasteiger partial charge in [0.25, 0.3) is 0 Å². The molecule has 2 aromatic carbocycles. The summed E-state index contributed by atoms with van der Waals surface area (Å²) in [5.74, 6) is -0.924. The van der Waals surface area contributed by atoms with Gasteiger partial charge in [0.05, 0.1) is 17.0 Å². The molecule has 206 valence electrons. The van der Waals surface area contributed by atoms with Crippen LogP contribution in [-0.2, 0) is 30.8 Å². The van der Waals surface area contributed by atoms with Crippen molar-refractivity contribution in [2.45, 2.75) is 63.1 Å². The van der Waals surface area contributed by atoms with Crippen LogP contribution in [-0.4, -0.2) is 66.8 Å². The van der Waals surface area contributed by atoms with Crippen LogP contribution in [0.3, 0.4) is 0 Å². The number of carbonyl (C=O) groups excluding carboxylic acids is 3. The first-order valence-corrected chi connectivity index (χ1v) is 14.1. The second-order valence-electron chi connectivity index (χ2n) is 9.95. The van der Waals surface area contributed by atoms with Gasteiger partial charge in [-0.25, -0.2) is 8.42 Å². The molecule has 1 aliphatic heterocycles. The Kier molecular flexibility index (Phi) is 10.0. The van der Waals surface area contributed by atoms with E-state index in [2.05, 4.69) is 16.0 Å². The first-order valence-electron chi connectivity index (χ1n) is 12.6. The molecule has 11 heteroatoms. The maximum Gasteiger partial charge on any atom is 0.243 e. The monoisotopic (exact) mass is 544 g/mol. The van der Waals surface area contributed by atoms with Crippen molar-refractivity contribution in [2.24, 2.45) is 5.92 Å². The molecular formula is C27H36N4O6S. The van der Waals surface area contributed by atoms with Crippen LogP contribution < -0.4 is 16.0 Å². The Bertz CT molecular complexity index is 1220. The Morgan fingerprint density at radius 2 is 1.74 bits per heavy atom. The van der Waals surface area contributed by atoms with E-state index in [1.807, 2.05) is 44.2 Å². The Labute approximate surface area is 223 Å². The molecule has 0 aliphatic carbocycles. The molecule has 1 fully saturated rings. The number of hydrogen-bond acceptors (Lipinski definition) is 6. The molecule has 3 unspecified atom stereocenters. The van der Waals surface area contributed by atoms with Crippen molar-refractivity contribution in [3.8, 4) is 0 Å². The van der Waals surface area contributed by atoms with Gasteiger partial charge in [0, 0.05) is 32.1 Å². The molecule has 2 aromatic rings. The van der Waals surface area contributed by atoms with E-state index < -0.39 is 34.1 Å². The third kappa shape index (κ3) is 8.11. The van der Waals surface area contributed by atoms with Gasteiger partial charge in [-0.15, -0.1) is 0 Å². The molecule has 0 spiro atoms. The van der Waals surface area contributed by atoms with Gasteiger partial charge in [0.1, 0.15) is 6.04 Å². The van der Waals surface area contributed by atoms with Crippen LogP contribution >= 0.6 is 0 Å². The summed E-state index contributed by atoms with van der Waals surface area (Å²) >= 11 is 0. The Morgan fingerprint density at radius 1 is 1.08 bits per heavy atom. The molecule has 1 heterocycles. The molecule has 10 nitrogen and oxygen atoms in total. The summed E-state index contributed by atoms with van der Waals surface area (Å²) in [6.45, 7) is 5.02. The second-order valence-corrected chi connectivity index (χ2v) is 11.9. The van der Waals surface area contributed by atoms with Crippen LogP contribution in [0.25, 0.3) is 0 Å². The molecule has 0 bridgehead atoms. The van der Waals surface area contributed by atoms with Gasteiger partial charge in [-0.1, -0.05) is 44.2 Å². The predicted octanol–water partition coefficient (Wildman–Crippen LogP) is 1.66. The maximum atomic E-state index is 13.6. The van der Waals surface area contributed by atoms with E-state index in [9.17, 15) is 27.9 Å². The zero-order chi connectivity index (χ0) is 27.9.